The van der Waals surface area contributed by atoms with Crippen LogP contribution in [0.4, 0.5) is 4.39 Å². The van der Waals surface area contributed by atoms with Crippen molar-refractivity contribution in [2.45, 2.75) is 6.42 Å². The third-order valence-corrected chi connectivity index (χ3v) is 3.46. The van der Waals surface area contributed by atoms with E-state index in [9.17, 15) is 9.18 Å². The molecule has 2 rings (SSSR count). The van der Waals surface area contributed by atoms with Crippen molar-refractivity contribution in [3.63, 3.8) is 0 Å². The van der Waals surface area contributed by atoms with Crippen LogP contribution in [0.15, 0.2) is 18.2 Å². The van der Waals surface area contributed by atoms with Crippen LogP contribution in [0.25, 0.3) is 0 Å². The summed E-state index contributed by atoms with van der Waals surface area (Å²) >= 11 is 0. The zero-order valence-electron chi connectivity index (χ0n) is 10.9. The minimum atomic E-state index is -0.446. The number of ether oxygens (including phenoxy) is 1. The van der Waals surface area contributed by atoms with E-state index in [-0.39, 0.29) is 30.4 Å². The molecule has 1 N–H and O–H groups in total. The lowest BCUT2D eigenvalue weighted by molar-refractivity contribution is 0.0937. The van der Waals surface area contributed by atoms with Crippen LogP contribution in [-0.2, 0) is 0 Å². The van der Waals surface area contributed by atoms with Crippen molar-refractivity contribution < 1.29 is 19.0 Å². The Hall–Kier alpha value is -1.46. The van der Waals surface area contributed by atoms with Gasteiger partial charge in [0, 0.05) is 13.2 Å². The molecule has 19 heavy (non-hydrogen) atoms. The normalized spacial score (nSPS) is 19.6. The van der Waals surface area contributed by atoms with Crippen LogP contribution < -0.4 is 4.74 Å². The second-order valence-electron chi connectivity index (χ2n) is 4.84. The molecule has 0 aliphatic carbocycles. The van der Waals surface area contributed by atoms with Crippen molar-refractivity contribution in [1.82, 2.24) is 4.90 Å². The molecule has 4 nitrogen and oxygen atoms in total. The molecule has 1 heterocycles. The number of Topliss-reactive ketones (excluding diaryl/α,β-unsaturated/α-hetero) is 1. The summed E-state index contributed by atoms with van der Waals surface area (Å²) < 4.78 is 18.3. The van der Waals surface area contributed by atoms with Gasteiger partial charge < -0.3 is 9.84 Å². The standard InChI is InChI=1S/C14H18FNO3/c1-19-14-3-2-11(15)6-12(14)13(18)8-16-5-4-10(7-16)9-17/h2-3,6,10,17H,4-5,7-9H2,1H3. The first-order chi connectivity index (χ1) is 9.13. The number of hydrogen-bond donors (Lipinski definition) is 1. The van der Waals surface area contributed by atoms with Crippen molar-refractivity contribution in [2.75, 3.05) is 33.4 Å². The largest absolute Gasteiger partial charge is 0.496 e. The molecule has 0 spiro atoms. The molecule has 0 bridgehead atoms. The molecule has 1 unspecified atom stereocenters. The second-order valence-corrected chi connectivity index (χ2v) is 4.84. The molecule has 104 valence electrons. The van der Waals surface area contributed by atoms with Crippen LogP contribution in [0.2, 0.25) is 0 Å². The van der Waals surface area contributed by atoms with Crippen LogP contribution in [-0.4, -0.2) is 49.1 Å². The summed E-state index contributed by atoms with van der Waals surface area (Å²) in [7, 11) is 1.46. The number of ketones is 1. The van der Waals surface area contributed by atoms with Crippen LogP contribution >= 0.6 is 0 Å². The number of rotatable bonds is 5. The number of aliphatic hydroxyl groups is 1. The first-order valence-electron chi connectivity index (χ1n) is 6.34. The average Bonchev–Trinajstić information content (AvgIpc) is 2.86. The third kappa shape index (κ3) is 3.30. The van der Waals surface area contributed by atoms with Gasteiger partial charge in [-0.15, -0.1) is 0 Å². The van der Waals surface area contributed by atoms with Crippen molar-refractivity contribution >= 4 is 5.78 Å². The fourth-order valence-corrected chi connectivity index (χ4v) is 2.39. The van der Waals surface area contributed by atoms with Gasteiger partial charge in [0.2, 0.25) is 0 Å². The van der Waals surface area contributed by atoms with Gasteiger partial charge in [-0.1, -0.05) is 0 Å². The molecular weight excluding hydrogens is 249 g/mol. The minimum absolute atomic E-state index is 0.147. The van der Waals surface area contributed by atoms with E-state index in [1.165, 1.54) is 25.3 Å². The van der Waals surface area contributed by atoms with Gasteiger partial charge in [0.05, 0.1) is 19.2 Å². The maximum Gasteiger partial charge on any atom is 0.180 e. The summed E-state index contributed by atoms with van der Waals surface area (Å²) in [6.45, 7) is 1.87. The predicted octanol–water partition coefficient (Wildman–Crippen LogP) is 1.33. The zero-order valence-corrected chi connectivity index (χ0v) is 10.9. The Morgan fingerprint density at radius 1 is 1.58 bits per heavy atom. The SMILES string of the molecule is COc1ccc(F)cc1C(=O)CN1CCC(CO)C1. The quantitative estimate of drug-likeness (QED) is 0.818. The Kier molecular flexibility index (Phi) is 4.50. The summed E-state index contributed by atoms with van der Waals surface area (Å²) in [6.07, 6.45) is 0.893. The van der Waals surface area contributed by atoms with Crippen molar-refractivity contribution in [3.8, 4) is 5.75 Å². The van der Waals surface area contributed by atoms with Gasteiger partial charge in [-0.2, -0.15) is 0 Å². The summed E-state index contributed by atoms with van der Waals surface area (Å²) in [4.78, 5) is 14.2. The first-order valence-corrected chi connectivity index (χ1v) is 6.34. The Labute approximate surface area is 111 Å². The molecule has 1 atom stereocenters. The molecular formula is C14H18FNO3. The lowest BCUT2D eigenvalue weighted by Gasteiger charge is -2.15. The van der Waals surface area contributed by atoms with Gasteiger partial charge in [0.25, 0.3) is 0 Å². The van der Waals surface area contributed by atoms with Crippen LogP contribution in [0, 0.1) is 11.7 Å². The Bertz CT molecular complexity index is 464. The lowest BCUT2D eigenvalue weighted by Crippen LogP contribution is -2.28. The lowest BCUT2D eigenvalue weighted by atomic mass is 10.1. The van der Waals surface area contributed by atoms with Crippen LogP contribution in [0.1, 0.15) is 16.8 Å². The molecule has 1 aromatic rings. The zero-order chi connectivity index (χ0) is 13.8. The highest BCUT2D eigenvalue weighted by molar-refractivity contribution is 6.00. The number of carbonyl (C=O) groups excluding carboxylic acids is 1. The summed E-state index contributed by atoms with van der Waals surface area (Å²) in [5, 5.41) is 9.07. The molecule has 1 aliphatic heterocycles. The van der Waals surface area contributed by atoms with E-state index in [4.69, 9.17) is 9.84 Å². The van der Waals surface area contributed by atoms with Gasteiger partial charge >= 0.3 is 0 Å². The number of nitrogens with zero attached hydrogens (tertiary/aromatic N) is 1. The Morgan fingerprint density at radius 3 is 3.00 bits per heavy atom. The van der Waals surface area contributed by atoms with Crippen molar-refractivity contribution in [2.24, 2.45) is 5.92 Å². The van der Waals surface area contributed by atoms with Gasteiger partial charge in [0.1, 0.15) is 11.6 Å². The molecule has 1 aromatic carbocycles. The highest BCUT2D eigenvalue weighted by Gasteiger charge is 2.24. The molecule has 0 radical (unpaired) electrons. The van der Waals surface area contributed by atoms with Crippen molar-refractivity contribution in [3.05, 3.63) is 29.6 Å². The van der Waals surface area contributed by atoms with E-state index in [0.717, 1.165) is 13.0 Å². The van der Waals surface area contributed by atoms with Crippen LogP contribution in [0.5, 0.6) is 5.75 Å². The summed E-state index contributed by atoms with van der Waals surface area (Å²) in [6, 6.07) is 3.94. The monoisotopic (exact) mass is 267 g/mol. The number of carbonyl (C=O) groups is 1. The molecule has 0 amide bonds. The predicted molar refractivity (Wildman–Crippen MR) is 68.9 cm³/mol. The van der Waals surface area contributed by atoms with E-state index >= 15 is 0 Å². The van der Waals surface area contributed by atoms with E-state index < -0.39 is 5.82 Å². The summed E-state index contributed by atoms with van der Waals surface area (Å²) in [5.41, 5.74) is 0.273. The highest BCUT2D eigenvalue weighted by atomic mass is 19.1. The topological polar surface area (TPSA) is 49.8 Å². The number of aliphatic hydroxyl groups excluding tert-OH is 1. The molecule has 1 aliphatic rings. The second kappa shape index (κ2) is 6.12. The van der Waals surface area contributed by atoms with Crippen molar-refractivity contribution in [1.29, 1.82) is 0 Å². The fraction of sp³-hybridized carbons (Fsp3) is 0.500. The van der Waals surface area contributed by atoms with E-state index in [1.807, 2.05) is 4.90 Å². The third-order valence-electron chi connectivity index (χ3n) is 3.46. The van der Waals surface area contributed by atoms with Gasteiger partial charge in [0.15, 0.2) is 5.78 Å². The van der Waals surface area contributed by atoms with Gasteiger partial charge in [-0.05, 0) is 37.1 Å². The molecule has 5 heteroatoms. The minimum Gasteiger partial charge on any atom is -0.496 e. The number of likely N-dealkylation sites (tertiary alicyclic amines) is 1. The Morgan fingerprint density at radius 2 is 2.37 bits per heavy atom. The van der Waals surface area contributed by atoms with E-state index in [2.05, 4.69) is 0 Å². The van der Waals surface area contributed by atoms with Gasteiger partial charge in [-0.3, -0.25) is 9.69 Å². The number of methoxy groups -OCH3 is 1. The first kappa shape index (κ1) is 14.0. The average molecular weight is 267 g/mol. The molecule has 0 aromatic heterocycles. The van der Waals surface area contributed by atoms with E-state index in [1.54, 1.807) is 0 Å². The number of benzene rings is 1. The maximum atomic E-state index is 13.2. The number of hydrogen-bond acceptors (Lipinski definition) is 4. The molecule has 1 fully saturated rings. The van der Waals surface area contributed by atoms with Gasteiger partial charge in [-0.25, -0.2) is 4.39 Å². The number of halogens is 1. The fourth-order valence-electron chi connectivity index (χ4n) is 2.39. The summed E-state index contributed by atoms with van der Waals surface area (Å²) in [5.74, 6) is 0.0280. The maximum absolute atomic E-state index is 13.2. The van der Waals surface area contributed by atoms with Crippen LogP contribution in [0.3, 0.4) is 0 Å². The molecule has 0 saturated carbocycles. The Balaban J connectivity index is 2.06. The highest BCUT2D eigenvalue weighted by Crippen LogP contribution is 2.22. The smallest absolute Gasteiger partial charge is 0.180 e. The van der Waals surface area contributed by atoms with E-state index in [0.29, 0.717) is 12.3 Å². The molecule has 1 saturated heterocycles.